The van der Waals surface area contributed by atoms with E-state index in [9.17, 15) is 44.6 Å². The third kappa shape index (κ3) is 10.7. The standard InChI is InChI=1S/C22H42N2O12S3/c25-21(17-4-1-6-19(14-17)38(29,30)31)35-12-10-23(8-3-9-24-16-37(24,27)28)11-13-36-22(26)18-5-2-7-20(15-18)39(32,33)34/h17-22,25-26H,1-16H2,(H,29,30,31)(H,32,33,34). The molecule has 7 unspecified atom stereocenters. The third-order valence-corrected chi connectivity index (χ3v) is 11.9. The zero-order chi connectivity index (χ0) is 28.8. The van der Waals surface area contributed by atoms with Gasteiger partial charge in [-0.15, -0.1) is 0 Å². The summed E-state index contributed by atoms with van der Waals surface area (Å²) in [5, 5.41) is 19.1. The van der Waals surface area contributed by atoms with E-state index >= 15 is 0 Å². The molecule has 0 bridgehead atoms. The molecule has 1 heterocycles. The molecule has 7 atom stereocenters. The Morgan fingerprint density at radius 2 is 1.23 bits per heavy atom. The van der Waals surface area contributed by atoms with Crippen molar-refractivity contribution in [3.63, 3.8) is 0 Å². The molecule has 4 N–H and O–H groups in total. The summed E-state index contributed by atoms with van der Waals surface area (Å²) in [6.07, 6.45) is 1.30. The number of aliphatic hydroxyl groups excluding tert-OH is 2. The lowest BCUT2D eigenvalue weighted by atomic mass is 9.88. The van der Waals surface area contributed by atoms with Gasteiger partial charge in [0.25, 0.3) is 20.2 Å². The van der Waals surface area contributed by atoms with E-state index in [2.05, 4.69) is 0 Å². The molecule has 2 aliphatic carbocycles. The molecule has 0 radical (unpaired) electrons. The van der Waals surface area contributed by atoms with Crippen molar-refractivity contribution in [2.75, 3.05) is 45.3 Å². The van der Waals surface area contributed by atoms with Crippen molar-refractivity contribution in [2.24, 2.45) is 11.8 Å². The Morgan fingerprint density at radius 1 is 0.795 bits per heavy atom. The molecular formula is C22H42N2O12S3. The van der Waals surface area contributed by atoms with Gasteiger partial charge < -0.3 is 19.7 Å². The summed E-state index contributed by atoms with van der Waals surface area (Å²) in [4.78, 5) is 1.93. The van der Waals surface area contributed by atoms with Gasteiger partial charge in [-0.05, 0) is 51.5 Å². The maximum Gasteiger partial charge on any atom is 0.267 e. The first-order valence-electron chi connectivity index (χ1n) is 13.4. The van der Waals surface area contributed by atoms with Crippen molar-refractivity contribution < 1.29 is 54.0 Å². The minimum absolute atomic E-state index is 0.0372. The van der Waals surface area contributed by atoms with E-state index in [0.717, 1.165) is 0 Å². The van der Waals surface area contributed by atoms with Crippen LogP contribution in [-0.2, 0) is 39.7 Å². The maximum atomic E-state index is 11.5. The summed E-state index contributed by atoms with van der Waals surface area (Å²) >= 11 is 0. The Morgan fingerprint density at radius 3 is 1.62 bits per heavy atom. The molecule has 14 nitrogen and oxygen atoms in total. The van der Waals surface area contributed by atoms with Crippen molar-refractivity contribution in [2.45, 2.75) is 80.9 Å². The van der Waals surface area contributed by atoms with Crippen LogP contribution in [0.5, 0.6) is 0 Å². The van der Waals surface area contributed by atoms with Gasteiger partial charge in [0.1, 0.15) is 5.88 Å². The monoisotopic (exact) mass is 622 g/mol. The summed E-state index contributed by atoms with van der Waals surface area (Å²) in [7, 11) is -11.5. The van der Waals surface area contributed by atoms with Gasteiger partial charge in [0.05, 0.1) is 23.7 Å². The SMILES string of the molecule is O=S(=O)(O)C1CCCC(C(O)OCCN(CCCN2CS2(=O)=O)CCOC(O)C2CCCC(S(=O)(=O)O)C2)C1. The highest BCUT2D eigenvalue weighted by atomic mass is 32.2. The summed E-state index contributed by atoms with van der Waals surface area (Å²) in [5.74, 6) is -0.810. The molecule has 0 aromatic carbocycles. The van der Waals surface area contributed by atoms with E-state index in [4.69, 9.17) is 9.47 Å². The van der Waals surface area contributed by atoms with Crippen molar-refractivity contribution in [1.29, 1.82) is 0 Å². The van der Waals surface area contributed by atoms with Crippen LogP contribution in [-0.4, -0.2) is 122 Å². The molecule has 0 amide bonds. The van der Waals surface area contributed by atoms with Crippen LogP contribution in [0, 0.1) is 11.8 Å². The average Bonchev–Trinajstić information content (AvgIpc) is 3.48. The molecule has 0 aromatic heterocycles. The lowest BCUT2D eigenvalue weighted by Crippen LogP contribution is -2.38. The Kier molecular flexibility index (Phi) is 12.0. The Balaban J connectivity index is 1.45. The Hall–Kier alpha value is -0.470. The lowest BCUT2D eigenvalue weighted by molar-refractivity contribution is -0.150. The predicted molar refractivity (Wildman–Crippen MR) is 140 cm³/mol. The molecule has 2 saturated carbocycles. The Labute approximate surface area is 231 Å². The minimum atomic E-state index is -4.18. The fraction of sp³-hybridized carbons (Fsp3) is 1.00. The predicted octanol–water partition coefficient (Wildman–Crippen LogP) is -0.155. The molecule has 1 saturated heterocycles. The molecule has 3 rings (SSSR count). The lowest BCUT2D eigenvalue weighted by Gasteiger charge is -2.32. The maximum absolute atomic E-state index is 11.5. The van der Waals surface area contributed by atoms with Crippen molar-refractivity contribution in [1.82, 2.24) is 9.21 Å². The summed E-state index contributed by atoms with van der Waals surface area (Å²) in [5.41, 5.74) is 0. The zero-order valence-electron chi connectivity index (χ0n) is 22.0. The van der Waals surface area contributed by atoms with E-state index < -0.39 is 65.2 Å². The summed E-state index contributed by atoms with van der Waals surface area (Å²) in [6, 6.07) is 0. The van der Waals surface area contributed by atoms with Gasteiger partial charge in [-0.3, -0.25) is 14.0 Å². The van der Waals surface area contributed by atoms with Crippen molar-refractivity contribution in [3.8, 4) is 0 Å². The number of sulfonamides is 1. The summed E-state index contributed by atoms with van der Waals surface area (Å²) < 4.78 is 99.9. The van der Waals surface area contributed by atoms with Gasteiger partial charge in [-0.25, -0.2) is 8.42 Å². The molecule has 1 aliphatic heterocycles. The topological polar surface area (TPSA) is 208 Å². The summed E-state index contributed by atoms with van der Waals surface area (Å²) in [6.45, 7) is 1.78. The molecule has 39 heavy (non-hydrogen) atoms. The highest BCUT2D eigenvalue weighted by Crippen LogP contribution is 2.32. The molecular weight excluding hydrogens is 580 g/mol. The normalized spacial score (nSPS) is 31.2. The molecule has 17 heteroatoms. The van der Waals surface area contributed by atoms with Crippen LogP contribution in [0.1, 0.15) is 57.8 Å². The van der Waals surface area contributed by atoms with Crippen LogP contribution in [0.15, 0.2) is 0 Å². The van der Waals surface area contributed by atoms with Crippen LogP contribution in [0.2, 0.25) is 0 Å². The molecule has 0 spiro atoms. The van der Waals surface area contributed by atoms with E-state index in [1.807, 2.05) is 4.90 Å². The number of nitrogens with zero attached hydrogens (tertiary/aromatic N) is 2. The van der Waals surface area contributed by atoms with Gasteiger partial charge in [0, 0.05) is 31.5 Å². The van der Waals surface area contributed by atoms with Crippen molar-refractivity contribution >= 4 is 30.3 Å². The minimum Gasteiger partial charge on any atom is -0.368 e. The van der Waals surface area contributed by atoms with Gasteiger partial charge in [-0.2, -0.15) is 21.1 Å². The van der Waals surface area contributed by atoms with E-state index in [0.29, 0.717) is 71.1 Å². The van der Waals surface area contributed by atoms with Crippen LogP contribution in [0.25, 0.3) is 0 Å². The molecule has 0 aromatic rings. The van der Waals surface area contributed by atoms with Crippen LogP contribution >= 0.6 is 0 Å². The van der Waals surface area contributed by atoms with E-state index in [-0.39, 0.29) is 31.9 Å². The van der Waals surface area contributed by atoms with Gasteiger partial charge in [-0.1, -0.05) is 12.8 Å². The number of rotatable bonds is 16. The van der Waals surface area contributed by atoms with Crippen LogP contribution < -0.4 is 0 Å². The zero-order valence-corrected chi connectivity index (χ0v) is 24.4. The third-order valence-electron chi connectivity index (χ3n) is 7.88. The second kappa shape index (κ2) is 14.1. The van der Waals surface area contributed by atoms with E-state index in [1.165, 1.54) is 4.31 Å². The van der Waals surface area contributed by atoms with Crippen molar-refractivity contribution in [3.05, 3.63) is 0 Å². The number of hydrogen-bond acceptors (Lipinski definition) is 11. The molecule has 230 valence electrons. The first-order chi connectivity index (χ1) is 18.2. The largest absolute Gasteiger partial charge is 0.368 e. The van der Waals surface area contributed by atoms with Gasteiger partial charge in [0.2, 0.25) is 10.0 Å². The highest BCUT2D eigenvalue weighted by molar-refractivity contribution is 7.95. The average molecular weight is 623 g/mol. The number of aliphatic hydroxyl groups is 2. The highest BCUT2D eigenvalue weighted by Gasteiger charge is 2.39. The number of hydrogen-bond donors (Lipinski definition) is 4. The fourth-order valence-electron chi connectivity index (χ4n) is 5.47. The first-order valence-corrected chi connectivity index (χ1v) is 18.0. The van der Waals surface area contributed by atoms with Crippen LogP contribution in [0.4, 0.5) is 0 Å². The number of ether oxygens (including phenoxy) is 2. The van der Waals surface area contributed by atoms with E-state index in [1.54, 1.807) is 0 Å². The fourth-order valence-corrected chi connectivity index (χ4v) is 8.49. The second-order valence-electron chi connectivity index (χ2n) is 10.8. The van der Waals surface area contributed by atoms with Gasteiger partial charge in [0.15, 0.2) is 12.6 Å². The van der Waals surface area contributed by atoms with Crippen LogP contribution in [0.3, 0.4) is 0 Å². The van der Waals surface area contributed by atoms with Gasteiger partial charge >= 0.3 is 0 Å². The Bertz CT molecular complexity index is 1040. The molecule has 3 fully saturated rings. The smallest absolute Gasteiger partial charge is 0.267 e. The second-order valence-corrected chi connectivity index (χ2v) is 16.1. The first kappa shape index (κ1) is 33.0. The quantitative estimate of drug-likeness (QED) is 0.100. The molecule has 3 aliphatic rings.